The number of nitrogens with one attached hydrogen (secondary N) is 2. The molecule has 0 aliphatic heterocycles. The molecule has 1 heterocycles. The third-order valence-electron chi connectivity index (χ3n) is 2.51. The van der Waals surface area contributed by atoms with Gasteiger partial charge in [0, 0.05) is 0 Å². The van der Waals surface area contributed by atoms with Gasteiger partial charge >= 0.3 is 0 Å². The first-order valence-electron chi connectivity index (χ1n) is 4.88. The molecule has 76 valence electrons. The molecule has 0 radical (unpaired) electrons. The van der Waals surface area contributed by atoms with E-state index in [0.29, 0.717) is 11.4 Å². The molecule has 1 aliphatic rings. The molecule has 4 nitrogen and oxygen atoms in total. The second-order valence-corrected chi connectivity index (χ2v) is 3.57. The summed E-state index contributed by atoms with van der Waals surface area (Å²) in [5, 5.41) is 15.3. The second-order valence-electron chi connectivity index (χ2n) is 3.57. The molecule has 1 aromatic carbocycles. The van der Waals surface area contributed by atoms with Gasteiger partial charge in [-0.3, -0.25) is 10.8 Å². The Labute approximate surface area is 91.7 Å². The summed E-state index contributed by atoms with van der Waals surface area (Å²) in [6.45, 7) is 0. The number of allylic oxidation sites excluding steroid dienone is 1. The number of hydrogen-bond acceptors (Lipinski definition) is 4. The van der Waals surface area contributed by atoms with Gasteiger partial charge in [0.25, 0.3) is 0 Å². The highest BCUT2D eigenvalue weighted by Crippen LogP contribution is 2.17. The number of rotatable bonds is 0. The molecule has 0 bridgehead atoms. The maximum absolute atomic E-state index is 7.77. The minimum Gasteiger partial charge on any atom is -0.299 e. The van der Waals surface area contributed by atoms with Crippen molar-refractivity contribution in [3.63, 3.8) is 0 Å². The van der Waals surface area contributed by atoms with E-state index >= 15 is 0 Å². The number of hydrogen-bond donors (Lipinski definition) is 2. The molecule has 4 heteroatoms. The Hall–Kier alpha value is -2.36. The first-order valence-corrected chi connectivity index (χ1v) is 4.88. The fourth-order valence-corrected chi connectivity index (χ4v) is 1.69. The molecule has 2 aromatic rings. The Bertz CT molecular complexity index is 655. The van der Waals surface area contributed by atoms with Crippen LogP contribution in [0.5, 0.6) is 0 Å². The van der Waals surface area contributed by atoms with Crippen molar-refractivity contribution in [1.29, 1.82) is 10.8 Å². The Balaban J connectivity index is 2.37. The Morgan fingerprint density at radius 1 is 0.875 bits per heavy atom. The van der Waals surface area contributed by atoms with Gasteiger partial charge in [0.2, 0.25) is 0 Å². The summed E-state index contributed by atoms with van der Waals surface area (Å²) in [7, 11) is 0. The SMILES string of the molecule is N=C1C=Cc2nc3ccccc3nc2C1=N. The van der Waals surface area contributed by atoms with E-state index in [4.69, 9.17) is 10.8 Å². The number of nitrogens with zero attached hydrogens (tertiary/aromatic N) is 2. The van der Waals surface area contributed by atoms with Gasteiger partial charge in [-0.15, -0.1) is 0 Å². The summed E-state index contributed by atoms with van der Waals surface area (Å²) in [5.41, 5.74) is 3.04. The molecule has 0 atom stereocenters. The summed E-state index contributed by atoms with van der Waals surface area (Å²) in [6, 6.07) is 7.54. The molecule has 0 amide bonds. The topological polar surface area (TPSA) is 73.5 Å². The van der Waals surface area contributed by atoms with Crippen LogP contribution in [-0.4, -0.2) is 21.4 Å². The average Bonchev–Trinajstić information content (AvgIpc) is 2.32. The molecule has 0 saturated heterocycles. The highest BCUT2D eigenvalue weighted by atomic mass is 14.8. The fraction of sp³-hybridized carbons (Fsp3) is 0. The lowest BCUT2D eigenvalue weighted by atomic mass is 10.0. The van der Waals surface area contributed by atoms with E-state index in [1.165, 1.54) is 0 Å². The number of aromatic nitrogens is 2. The summed E-state index contributed by atoms with van der Waals surface area (Å²) >= 11 is 0. The minimum atomic E-state index is 0.135. The highest BCUT2D eigenvalue weighted by molar-refractivity contribution is 6.51. The van der Waals surface area contributed by atoms with Gasteiger partial charge in [0.05, 0.1) is 22.4 Å². The van der Waals surface area contributed by atoms with Crippen LogP contribution in [0.15, 0.2) is 30.3 Å². The van der Waals surface area contributed by atoms with Crippen LogP contribution in [0, 0.1) is 10.8 Å². The third kappa shape index (κ3) is 1.16. The largest absolute Gasteiger partial charge is 0.299 e. The van der Waals surface area contributed by atoms with Gasteiger partial charge in [-0.25, -0.2) is 9.97 Å². The van der Waals surface area contributed by atoms with E-state index in [2.05, 4.69) is 9.97 Å². The first kappa shape index (κ1) is 8.91. The zero-order chi connectivity index (χ0) is 11.1. The second kappa shape index (κ2) is 3.06. The van der Waals surface area contributed by atoms with Crippen LogP contribution < -0.4 is 0 Å². The maximum Gasteiger partial charge on any atom is 0.117 e. The smallest absolute Gasteiger partial charge is 0.117 e. The highest BCUT2D eigenvalue weighted by Gasteiger charge is 2.17. The van der Waals surface area contributed by atoms with Crippen molar-refractivity contribution in [1.82, 2.24) is 9.97 Å². The van der Waals surface area contributed by atoms with Crippen molar-refractivity contribution in [3.05, 3.63) is 41.7 Å². The number of benzene rings is 1. The van der Waals surface area contributed by atoms with Crippen LogP contribution in [0.3, 0.4) is 0 Å². The Morgan fingerprint density at radius 3 is 2.31 bits per heavy atom. The molecule has 2 N–H and O–H groups in total. The van der Waals surface area contributed by atoms with E-state index in [1.807, 2.05) is 24.3 Å². The average molecular weight is 208 g/mol. The third-order valence-corrected chi connectivity index (χ3v) is 2.51. The Morgan fingerprint density at radius 2 is 1.56 bits per heavy atom. The standard InChI is InChI=1S/C12H8N4/c13-7-5-6-10-12(11(7)14)16-9-4-2-1-3-8(9)15-10/h1-6,13-14H. The van der Waals surface area contributed by atoms with Gasteiger partial charge in [-0.1, -0.05) is 12.1 Å². The lowest BCUT2D eigenvalue weighted by Crippen LogP contribution is -2.18. The van der Waals surface area contributed by atoms with E-state index < -0.39 is 0 Å². The van der Waals surface area contributed by atoms with E-state index in [-0.39, 0.29) is 11.4 Å². The summed E-state index contributed by atoms with van der Waals surface area (Å²) in [4.78, 5) is 8.78. The first-order chi connectivity index (χ1) is 7.75. The zero-order valence-electron chi connectivity index (χ0n) is 8.36. The van der Waals surface area contributed by atoms with Crippen LogP contribution in [0.4, 0.5) is 0 Å². The monoisotopic (exact) mass is 208 g/mol. The normalized spacial score (nSPS) is 14.2. The number of para-hydroxylation sites is 2. The molecule has 1 aromatic heterocycles. The Kier molecular flexibility index (Phi) is 1.71. The van der Waals surface area contributed by atoms with Crippen molar-refractivity contribution in [2.45, 2.75) is 0 Å². The van der Waals surface area contributed by atoms with Gasteiger partial charge in [0.15, 0.2) is 0 Å². The van der Waals surface area contributed by atoms with Crippen molar-refractivity contribution in [2.24, 2.45) is 0 Å². The van der Waals surface area contributed by atoms with Crippen LogP contribution in [0.2, 0.25) is 0 Å². The van der Waals surface area contributed by atoms with E-state index in [0.717, 1.165) is 11.0 Å². The predicted octanol–water partition coefficient (Wildman–Crippen LogP) is 2.04. The summed E-state index contributed by atoms with van der Waals surface area (Å²) in [6.07, 6.45) is 3.31. The quantitative estimate of drug-likeness (QED) is 0.695. The van der Waals surface area contributed by atoms with Crippen molar-refractivity contribution >= 4 is 28.5 Å². The van der Waals surface area contributed by atoms with Crippen molar-refractivity contribution < 1.29 is 0 Å². The van der Waals surface area contributed by atoms with E-state index in [9.17, 15) is 0 Å². The van der Waals surface area contributed by atoms with Crippen LogP contribution in [-0.2, 0) is 0 Å². The van der Waals surface area contributed by atoms with Gasteiger partial charge in [-0.05, 0) is 24.3 Å². The minimum absolute atomic E-state index is 0.135. The lowest BCUT2D eigenvalue weighted by Gasteiger charge is -2.11. The number of fused-ring (bicyclic) bond motifs is 2. The molecular weight excluding hydrogens is 200 g/mol. The summed E-state index contributed by atoms with van der Waals surface area (Å²) in [5.74, 6) is 0. The van der Waals surface area contributed by atoms with E-state index in [1.54, 1.807) is 12.2 Å². The van der Waals surface area contributed by atoms with Gasteiger partial charge in [0.1, 0.15) is 11.4 Å². The predicted molar refractivity (Wildman–Crippen MR) is 63.1 cm³/mol. The fourth-order valence-electron chi connectivity index (χ4n) is 1.69. The molecule has 3 rings (SSSR count). The lowest BCUT2D eigenvalue weighted by molar-refractivity contribution is 1.23. The summed E-state index contributed by atoms with van der Waals surface area (Å²) < 4.78 is 0. The van der Waals surface area contributed by atoms with Crippen molar-refractivity contribution in [3.8, 4) is 0 Å². The molecular formula is C12H8N4. The molecule has 0 unspecified atom stereocenters. The van der Waals surface area contributed by atoms with Gasteiger partial charge < -0.3 is 0 Å². The zero-order valence-corrected chi connectivity index (χ0v) is 8.36. The van der Waals surface area contributed by atoms with Crippen LogP contribution in [0.1, 0.15) is 11.4 Å². The molecule has 16 heavy (non-hydrogen) atoms. The molecule has 1 aliphatic carbocycles. The maximum atomic E-state index is 7.77. The molecule has 0 spiro atoms. The van der Waals surface area contributed by atoms with Gasteiger partial charge in [-0.2, -0.15) is 0 Å². The van der Waals surface area contributed by atoms with Crippen molar-refractivity contribution in [2.75, 3.05) is 0 Å². The van der Waals surface area contributed by atoms with Crippen LogP contribution in [0.25, 0.3) is 17.1 Å². The molecule has 0 fully saturated rings. The molecule has 0 saturated carbocycles. The van der Waals surface area contributed by atoms with Crippen LogP contribution >= 0.6 is 0 Å².